The molecule has 4 unspecified atom stereocenters. The quantitative estimate of drug-likeness (QED) is 0.605. The number of carbonyl (C=O) groups is 3. The Labute approximate surface area is 165 Å². The number of amides is 3. The number of nitrogens with two attached hydrogens (primary N) is 1. The van der Waals surface area contributed by atoms with Crippen LogP contribution < -0.4 is 11.1 Å². The highest BCUT2D eigenvalue weighted by molar-refractivity contribution is 6.09. The first-order valence-electron chi connectivity index (χ1n) is 9.57. The molecule has 3 fully saturated rings. The number of benzene rings is 1. The lowest BCUT2D eigenvalue weighted by atomic mass is 9.81. The summed E-state index contributed by atoms with van der Waals surface area (Å²) in [7, 11) is 0. The number of anilines is 1. The van der Waals surface area contributed by atoms with E-state index in [1.54, 1.807) is 24.3 Å². The van der Waals surface area contributed by atoms with Gasteiger partial charge in [0.05, 0.1) is 30.6 Å². The van der Waals surface area contributed by atoms with E-state index in [-0.39, 0.29) is 37.1 Å². The molecular formula is C19H20N6O4. The average Bonchev–Trinajstić information content (AvgIpc) is 3.49. The molecule has 2 bridgehead atoms. The fourth-order valence-electron chi connectivity index (χ4n) is 4.49. The number of fused-ring (bicyclic) bond motifs is 5. The third-order valence-electron chi connectivity index (χ3n) is 5.83. The number of nitrogens with zero attached hydrogens (tertiary/aromatic N) is 3. The van der Waals surface area contributed by atoms with Crippen LogP contribution >= 0.6 is 0 Å². The molecule has 0 spiro atoms. The Morgan fingerprint density at radius 2 is 1.83 bits per heavy atom. The molecule has 0 radical (unpaired) electrons. The number of hydrogen-bond acceptors (Lipinski definition) is 7. The zero-order valence-corrected chi connectivity index (χ0v) is 15.5. The normalized spacial score (nSPS) is 27.6. The molecule has 2 aromatic rings. The molecule has 10 heteroatoms. The van der Waals surface area contributed by atoms with Crippen LogP contribution in [0.2, 0.25) is 0 Å². The number of carbonyl (C=O) groups excluding carboxylic acids is 3. The maximum atomic E-state index is 12.6. The second-order valence-electron chi connectivity index (χ2n) is 7.54. The Balaban J connectivity index is 1.23. The Morgan fingerprint density at radius 1 is 1.17 bits per heavy atom. The van der Waals surface area contributed by atoms with Gasteiger partial charge in [-0.3, -0.25) is 24.4 Å². The molecule has 1 aromatic heterocycles. The molecule has 10 nitrogen and oxygen atoms in total. The smallest absolute Gasteiger partial charge is 0.244 e. The summed E-state index contributed by atoms with van der Waals surface area (Å²) in [5.74, 6) is -0.755. The zero-order chi connectivity index (χ0) is 20.1. The summed E-state index contributed by atoms with van der Waals surface area (Å²) in [5, 5.41) is 9.55. The average molecular weight is 396 g/mol. The molecule has 4 heterocycles. The molecule has 3 aliphatic heterocycles. The topological polar surface area (TPSA) is 143 Å². The highest BCUT2D eigenvalue weighted by Gasteiger charge is 2.62. The third-order valence-corrected chi connectivity index (χ3v) is 5.83. The zero-order valence-electron chi connectivity index (χ0n) is 15.5. The highest BCUT2D eigenvalue weighted by Crippen LogP contribution is 2.48. The van der Waals surface area contributed by atoms with Crippen LogP contribution in [0.5, 0.6) is 0 Å². The standard InChI is InChI=1S/C19H20N6O4/c20-7-13-22-17(24-23-13)9-1-3-10(4-2-9)21-14(26)8-25-18(27)15-11-5-6-12(29-11)16(15)19(25)28/h1-4,11-12,15-16H,5-8,20H2,(H,21,26)(H,22,23,24). The Kier molecular flexibility index (Phi) is 4.18. The minimum absolute atomic E-state index is 0.183. The SMILES string of the molecule is NCc1nc(-c2ccc(NC(=O)CN3C(=O)C4C5CCC(O5)C4C3=O)cc2)n[nH]1. The first kappa shape index (κ1) is 18.0. The van der Waals surface area contributed by atoms with Crippen LogP contribution in [0.15, 0.2) is 24.3 Å². The summed E-state index contributed by atoms with van der Waals surface area (Å²) in [6.45, 7) is -0.0168. The number of ether oxygens (including phenoxy) is 1. The van der Waals surface area contributed by atoms with Gasteiger partial charge >= 0.3 is 0 Å². The molecule has 3 saturated heterocycles. The maximum absolute atomic E-state index is 12.6. The fourth-order valence-corrected chi connectivity index (χ4v) is 4.49. The van der Waals surface area contributed by atoms with E-state index < -0.39 is 17.7 Å². The van der Waals surface area contributed by atoms with E-state index >= 15 is 0 Å². The van der Waals surface area contributed by atoms with Gasteiger partial charge in [0, 0.05) is 11.3 Å². The number of hydrogen-bond donors (Lipinski definition) is 3. The van der Waals surface area contributed by atoms with Crippen molar-refractivity contribution in [3.63, 3.8) is 0 Å². The Hall–Kier alpha value is -3.11. The molecule has 3 amide bonds. The summed E-state index contributed by atoms with van der Waals surface area (Å²) in [6, 6.07) is 6.96. The molecule has 29 heavy (non-hydrogen) atoms. The number of likely N-dealkylation sites (tertiary alicyclic amines) is 1. The summed E-state index contributed by atoms with van der Waals surface area (Å²) in [6.07, 6.45) is 1.24. The molecule has 3 aliphatic rings. The van der Waals surface area contributed by atoms with Crippen molar-refractivity contribution < 1.29 is 19.1 Å². The number of aromatic nitrogens is 3. The van der Waals surface area contributed by atoms with Gasteiger partial charge in [0.2, 0.25) is 17.7 Å². The van der Waals surface area contributed by atoms with Crippen molar-refractivity contribution in [2.24, 2.45) is 17.6 Å². The number of aromatic amines is 1. The van der Waals surface area contributed by atoms with Gasteiger partial charge in [0.1, 0.15) is 12.4 Å². The van der Waals surface area contributed by atoms with Crippen LogP contribution in [-0.4, -0.2) is 56.6 Å². The number of H-pyrrole nitrogens is 1. The lowest BCUT2D eigenvalue weighted by Gasteiger charge is -2.17. The van der Waals surface area contributed by atoms with E-state index in [1.807, 2.05) is 0 Å². The van der Waals surface area contributed by atoms with E-state index in [4.69, 9.17) is 10.5 Å². The predicted octanol–water partition coefficient (Wildman–Crippen LogP) is 0.0313. The van der Waals surface area contributed by atoms with Crippen LogP contribution in [0.3, 0.4) is 0 Å². The van der Waals surface area contributed by atoms with Gasteiger partial charge < -0.3 is 15.8 Å². The minimum atomic E-state index is -0.423. The van der Waals surface area contributed by atoms with Gasteiger partial charge in [-0.2, -0.15) is 5.10 Å². The molecule has 1 aromatic carbocycles. The van der Waals surface area contributed by atoms with Crippen LogP contribution in [0.25, 0.3) is 11.4 Å². The van der Waals surface area contributed by atoms with Gasteiger partial charge in [-0.25, -0.2) is 4.98 Å². The number of nitrogens with one attached hydrogen (secondary N) is 2. The van der Waals surface area contributed by atoms with Gasteiger partial charge in [0.15, 0.2) is 5.82 Å². The predicted molar refractivity (Wildman–Crippen MR) is 99.9 cm³/mol. The highest BCUT2D eigenvalue weighted by atomic mass is 16.5. The maximum Gasteiger partial charge on any atom is 0.244 e. The largest absolute Gasteiger partial charge is 0.373 e. The van der Waals surface area contributed by atoms with Crippen molar-refractivity contribution in [3.8, 4) is 11.4 Å². The van der Waals surface area contributed by atoms with E-state index in [2.05, 4.69) is 20.5 Å². The number of imide groups is 1. The first-order valence-corrected chi connectivity index (χ1v) is 9.57. The van der Waals surface area contributed by atoms with Crippen molar-refractivity contribution >= 4 is 23.4 Å². The summed E-state index contributed by atoms with van der Waals surface area (Å²) < 4.78 is 5.70. The molecule has 4 atom stereocenters. The van der Waals surface area contributed by atoms with Crippen LogP contribution in [0, 0.1) is 11.8 Å². The van der Waals surface area contributed by atoms with Crippen molar-refractivity contribution in [2.45, 2.75) is 31.6 Å². The first-order chi connectivity index (χ1) is 14.0. The summed E-state index contributed by atoms with van der Waals surface area (Å²) in [4.78, 5) is 43.0. The molecule has 150 valence electrons. The molecule has 0 saturated carbocycles. The summed E-state index contributed by atoms with van der Waals surface area (Å²) >= 11 is 0. The van der Waals surface area contributed by atoms with Gasteiger partial charge in [-0.1, -0.05) is 0 Å². The van der Waals surface area contributed by atoms with Gasteiger partial charge in [-0.15, -0.1) is 0 Å². The lowest BCUT2D eigenvalue weighted by Crippen LogP contribution is -2.40. The molecule has 4 N–H and O–H groups in total. The van der Waals surface area contributed by atoms with Crippen molar-refractivity contribution in [1.29, 1.82) is 0 Å². The van der Waals surface area contributed by atoms with Gasteiger partial charge in [-0.05, 0) is 37.1 Å². The summed E-state index contributed by atoms with van der Waals surface area (Å²) in [5.41, 5.74) is 6.84. The second-order valence-corrected chi connectivity index (χ2v) is 7.54. The molecule has 5 rings (SSSR count). The number of rotatable bonds is 5. The third kappa shape index (κ3) is 2.91. The monoisotopic (exact) mass is 396 g/mol. The molecular weight excluding hydrogens is 376 g/mol. The second kappa shape index (κ2) is 6.75. The van der Waals surface area contributed by atoms with Crippen LogP contribution in [-0.2, 0) is 25.7 Å². The van der Waals surface area contributed by atoms with Crippen molar-refractivity contribution in [2.75, 3.05) is 11.9 Å². The minimum Gasteiger partial charge on any atom is -0.373 e. The van der Waals surface area contributed by atoms with E-state index in [9.17, 15) is 14.4 Å². The lowest BCUT2D eigenvalue weighted by molar-refractivity contribution is -0.145. The fraction of sp³-hybridized carbons (Fsp3) is 0.421. The van der Waals surface area contributed by atoms with Crippen LogP contribution in [0.1, 0.15) is 18.7 Å². The van der Waals surface area contributed by atoms with Gasteiger partial charge in [0.25, 0.3) is 0 Å². The Bertz CT molecular complexity index is 959. The van der Waals surface area contributed by atoms with Crippen molar-refractivity contribution in [1.82, 2.24) is 20.1 Å². The van der Waals surface area contributed by atoms with E-state index in [0.717, 1.165) is 23.3 Å². The van der Waals surface area contributed by atoms with E-state index in [1.165, 1.54) is 0 Å². The van der Waals surface area contributed by atoms with E-state index in [0.29, 0.717) is 17.3 Å². The van der Waals surface area contributed by atoms with Crippen LogP contribution in [0.4, 0.5) is 5.69 Å². The molecule has 0 aliphatic carbocycles. The Morgan fingerprint density at radius 3 is 2.41 bits per heavy atom. The van der Waals surface area contributed by atoms with Crippen molar-refractivity contribution in [3.05, 3.63) is 30.1 Å².